The summed E-state index contributed by atoms with van der Waals surface area (Å²) in [6, 6.07) is 12.7. The average molecular weight is 399 g/mol. The Morgan fingerprint density at radius 3 is 2.57 bits per heavy atom. The molecule has 0 bridgehead atoms. The number of aromatic nitrogens is 2. The number of nitrogens with one attached hydrogen (secondary N) is 2. The van der Waals surface area contributed by atoms with Crippen molar-refractivity contribution in [2.45, 2.75) is 12.5 Å². The molecule has 4 rings (SSSR count). The van der Waals surface area contributed by atoms with Crippen LogP contribution in [0.25, 0.3) is 5.69 Å². The van der Waals surface area contributed by atoms with E-state index < -0.39 is 17.1 Å². The first-order valence-electron chi connectivity index (χ1n) is 8.39. The summed E-state index contributed by atoms with van der Waals surface area (Å²) < 4.78 is 0.971. The molecule has 0 aliphatic carbocycles. The van der Waals surface area contributed by atoms with Crippen LogP contribution in [-0.4, -0.2) is 25.5 Å². The maximum atomic E-state index is 12.4. The van der Waals surface area contributed by atoms with Gasteiger partial charge in [0, 0.05) is 11.4 Å². The first-order valence-corrected chi connectivity index (χ1v) is 8.77. The Kier molecular flexibility index (Phi) is 4.40. The minimum atomic E-state index is -0.782. The van der Waals surface area contributed by atoms with Gasteiger partial charge < -0.3 is 15.6 Å². The van der Waals surface area contributed by atoms with Crippen molar-refractivity contribution in [2.75, 3.05) is 0 Å². The van der Waals surface area contributed by atoms with E-state index in [1.54, 1.807) is 42.5 Å². The Labute approximate surface area is 163 Å². The molecule has 8 nitrogen and oxygen atoms in total. The molecule has 1 aliphatic heterocycles. The standard InChI is InChI=1S/C19H15ClN4O4/c20-11-2-1-3-12(8-11)24-18(27)16(17(26)21-19(24)28)15-9-14(22-23-15)10-4-6-13(25)7-5-10/h1-8,14,22,25,27H,9H2,(H,21,26,28)/t14-/m1/s1. The number of aromatic amines is 1. The van der Waals surface area contributed by atoms with Gasteiger partial charge in [-0.15, -0.1) is 0 Å². The molecule has 2 heterocycles. The number of nitrogens with zero attached hydrogens (tertiary/aromatic N) is 2. The van der Waals surface area contributed by atoms with Crippen LogP contribution in [0.2, 0.25) is 5.02 Å². The van der Waals surface area contributed by atoms with E-state index in [2.05, 4.69) is 15.5 Å². The van der Waals surface area contributed by atoms with Gasteiger partial charge in [0.15, 0.2) is 0 Å². The second-order valence-corrected chi connectivity index (χ2v) is 6.75. The molecule has 0 unspecified atom stereocenters. The van der Waals surface area contributed by atoms with Gasteiger partial charge in [-0.05, 0) is 35.9 Å². The number of rotatable bonds is 3. The molecule has 0 saturated heterocycles. The van der Waals surface area contributed by atoms with Crippen molar-refractivity contribution in [3.05, 3.63) is 85.5 Å². The van der Waals surface area contributed by atoms with Crippen molar-refractivity contribution in [1.29, 1.82) is 0 Å². The molecule has 0 saturated carbocycles. The minimum Gasteiger partial charge on any atom is -0.508 e. The molecule has 9 heteroatoms. The average Bonchev–Trinajstić information content (AvgIpc) is 3.11. The van der Waals surface area contributed by atoms with E-state index in [1.165, 1.54) is 6.07 Å². The molecule has 1 aromatic heterocycles. The molecule has 142 valence electrons. The molecule has 28 heavy (non-hydrogen) atoms. The molecule has 1 atom stereocenters. The number of phenolic OH excluding ortho intramolecular Hbond substituents is 1. The number of hydrogen-bond donors (Lipinski definition) is 4. The van der Waals surface area contributed by atoms with Crippen LogP contribution >= 0.6 is 11.6 Å². The van der Waals surface area contributed by atoms with Crippen LogP contribution < -0.4 is 16.7 Å². The van der Waals surface area contributed by atoms with Crippen LogP contribution in [0.1, 0.15) is 23.6 Å². The maximum absolute atomic E-state index is 12.4. The lowest BCUT2D eigenvalue weighted by Gasteiger charge is -2.12. The Morgan fingerprint density at radius 2 is 1.86 bits per heavy atom. The fraction of sp³-hybridized carbons (Fsp3) is 0.105. The Hall–Kier alpha value is -3.52. The molecule has 0 spiro atoms. The normalized spacial score (nSPS) is 15.9. The van der Waals surface area contributed by atoms with E-state index >= 15 is 0 Å². The van der Waals surface area contributed by atoms with E-state index in [1.807, 2.05) is 0 Å². The van der Waals surface area contributed by atoms with Gasteiger partial charge >= 0.3 is 5.69 Å². The first kappa shape index (κ1) is 17.9. The van der Waals surface area contributed by atoms with E-state index in [0.29, 0.717) is 22.8 Å². The minimum absolute atomic E-state index is 0.0895. The van der Waals surface area contributed by atoms with Gasteiger partial charge in [-0.1, -0.05) is 29.8 Å². The summed E-state index contributed by atoms with van der Waals surface area (Å²) in [5.41, 5.74) is 2.80. The highest BCUT2D eigenvalue weighted by Crippen LogP contribution is 2.28. The first-order chi connectivity index (χ1) is 13.4. The van der Waals surface area contributed by atoms with Crippen LogP contribution in [-0.2, 0) is 0 Å². The van der Waals surface area contributed by atoms with Gasteiger partial charge in [-0.25, -0.2) is 9.36 Å². The zero-order valence-electron chi connectivity index (χ0n) is 14.4. The fourth-order valence-corrected chi connectivity index (χ4v) is 3.32. The number of halogens is 1. The Morgan fingerprint density at radius 1 is 1.11 bits per heavy atom. The van der Waals surface area contributed by atoms with Gasteiger partial charge in [-0.2, -0.15) is 5.10 Å². The molecular weight excluding hydrogens is 384 g/mol. The van der Waals surface area contributed by atoms with E-state index in [4.69, 9.17) is 11.6 Å². The number of aromatic hydroxyl groups is 2. The fourth-order valence-electron chi connectivity index (χ4n) is 3.14. The summed E-state index contributed by atoms with van der Waals surface area (Å²) in [5.74, 6) is -0.367. The summed E-state index contributed by atoms with van der Waals surface area (Å²) in [7, 11) is 0. The summed E-state index contributed by atoms with van der Waals surface area (Å²) >= 11 is 5.98. The molecule has 1 aliphatic rings. The SMILES string of the molecule is O=c1[nH]c(=O)n(-c2cccc(Cl)c2)c(O)c1C1=NN[C@@H](c2ccc(O)cc2)C1. The highest BCUT2D eigenvalue weighted by Gasteiger charge is 2.27. The summed E-state index contributed by atoms with van der Waals surface area (Å²) in [4.78, 5) is 26.9. The smallest absolute Gasteiger partial charge is 0.335 e. The lowest BCUT2D eigenvalue weighted by molar-refractivity contribution is 0.429. The third-order valence-electron chi connectivity index (χ3n) is 4.49. The molecular formula is C19H15ClN4O4. The topological polar surface area (TPSA) is 120 Å². The van der Waals surface area contributed by atoms with Crippen molar-refractivity contribution in [3.63, 3.8) is 0 Å². The van der Waals surface area contributed by atoms with Crippen molar-refractivity contribution >= 4 is 17.3 Å². The summed E-state index contributed by atoms with van der Waals surface area (Å²) in [5, 5.41) is 24.7. The summed E-state index contributed by atoms with van der Waals surface area (Å²) in [6.07, 6.45) is 0.315. The monoisotopic (exact) mass is 398 g/mol. The van der Waals surface area contributed by atoms with Gasteiger partial charge in [-0.3, -0.25) is 9.78 Å². The zero-order chi connectivity index (χ0) is 19.8. The number of benzene rings is 2. The zero-order valence-corrected chi connectivity index (χ0v) is 15.1. The third kappa shape index (κ3) is 3.14. The molecule has 0 amide bonds. The van der Waals surface area contributed by atoms with Gasteiger partial charge in [0.1, 0.15) is 11.3 Å². The predicted octanol–water partition coefficient (Wildman–Crippen LogP) is 2.03. The predicted molar refractivity (Wildman–Crippen MR) is 104 cm³/mol. The van der Waals surface area contributed by atoms with Crippen LogP contribution in [0.4, 0.5) is 0 Å². The van der Waals surface area contributed by atoms with Gasteiger partial charge in [0.25, 0.3) is 5.56 Å². The quantitative estimate of drug-likeness (QED) is 0.538. The van der Waals surface area contributed by atoms with E-state index in [9.17, 15) is 19.8 Å². The van der Waals surface area contributed by atoms with Crippen molar-refractivity contribution in [3.8, 4) is 17.3 Å². The second-order valence-electron chi connectivity index (χ2n) is 6.31. The number of H-pyrrole nitrogens is 1. The van der Waals surface area contributed by atoms with Crippen LogP contribution in [0, 0.1) is 0 Å². The third-order valence-corrected chi connectivity index (χ3v) is 4.72. The van der Waals surface area contributed by atoms with Crippen molar-refractivity contribution in [1.82, 2.24) is 15.0 Å². The lowest BCUT2D eigenvalue weighted by atomic mass is 10.00. The number of phenols is 1. The van der Waals surface area contributed by atoms with Crippen LogP contribution in [0.5, 0.6) is 11.6 Å². The van der Waals surface area contributed by atoms with E-state index in [0.717, 1.165) is 10.1 Å². The number of hydrogen-bond acceptors (Lipinski definition) is 6. The molecule has 0 fully saturated rings. The maximum Gasteiger partial charge on any atom is 0.335 e. The molecule has 2 aromatic carbocycles. The largest absolute Gasteiger partial charge is 0.508 e. The highest BCUT2D eigenvalue weighted by atomic mass is 35.5. The Balaban J connectivity index is 1.75. The molecule has 0 radical (unpaired) electrons. The van der Waals surface area contributed by atoms with Gasteiger partial charge in [0.05, 0.1) is 17.4 Å². The highest BCUT2D eigenvalue weighted by molar-refractivity contribution is 6.30. The summed E-state index contributed by atoms with van der Waals surface area (Å²) in [6.45, 7) is 0. The van der Waals surface area contributed by atoms with Crippen LogP contribution in [0.15, 0.2) is 63.2 Å². The van der Waals surface area contributed by atoms with E-state index in [-0.39, 0.29) is 17.4 Å². The number of hydrazone groups is 1. The van der Waals surface area contributed by atoms with Crippen molar-refractivity contribution in [2.24, 2.45) is 5.10 Å². The molecule has 4 N–H and O–H groups in total. The van der Waals surface area contributed by atoms with Crippen LogP contribution in [0.3, 0.4) is 0 Å². The second kappa shape index (κ2) is 6.90. The molecule has 3 aromatic rings. The Bertz CT molecular complexity index is 1200. The van der Waals surface area contributed by atoms with Gasteiger partial charge in [0.2, 0.25) is 5.88 Å². The lowest BCUT2D eigenvalue weighted by Crippen LogP contribution is -2.33. The van der Waals surface area contributed by atoms with Crippen molar-refractivity contribution < 1.29 is 10.2 Å².